The van der Waals surface area contributed by atoms with Crippen molar-refractivity contribution >= 4 is 12.2 Å². The van der Waals surface area contributed by atoms with Crippen molar-refractivity contribution in [3.63, 3.8) is 0 Å². The second kappa shape index (κ2) is 7.58. The molecular formula is C21H25NO. The molecule has 0 N–H and O–H groups in total. The van der Waals surface area contributed by atoms with Gasteiger partial charge in [-0.05, 0) is 41.7 Å². The summed E-state index contributed by atoms with van der Waals surface area (Å²) in [5, 5.41) is 0. The number of morpholine rings is 1. The van der Waals surface area contributed by atoms with Gasteiger partial charge in [-0.1, -0.05) is 54.6 Å². The predicted molar refractivity (Wildman–Crippen MR) is 97.4 cm³/mol. The summed E-state index contributed by atoms with van der Waals surface area (Å²) in [6.45, 7) is 9.11. The Hall–Kier alpha value is -1.90. The number of nitrogens with zero attached hydrogens (tertiary/aromatic N) is 1. The molecule has 2 heteroatoms. The van der Waals surface area contributed by atoms with E-state index in [9.17, 15) is 0 Å². The molecule has 0 saturated carbocycles. The number of ether oxygens (including phenoxy) is 1. The summed E-state index contributed by atoms with van der Waals surface area (Å²) in [6.07, 6.45) is 4.46. The molecule has 120 valence electrons. The normalized spacial score (nSPS) is 16.1. The van der Waals surface area contributed by atoms with Gasteiger partial charge in [0.1, 0.15) is 0 Å². The lowest BCUT2D eigenvalue weighted by atomic mass is 10.0. The zero-order chi connectivity index (χ0) is 16.1. The molecule has 1 heterocycles. The van der Waals surface area contributed by atoms with E-state index < -0.39 is 0 Å². The van der Waals surface area contributed by atoms with Crippen LogP contribution in [-0.2, 0) is 11.3 Å². The molecule has 0 spiro atoms. The lowest BCUT2D eigenvalue weighted by Crippen LogP contribution is -2.35. The maximum absolute atomic E-state index is 5.42. The fourth-order valence-electron chi connectivity index (χ4n) is 3.08. The van der Waals surface area contributed by atoms with Crippen LogP contribution in [0, 0.1) is 13.8 Å². The van der Waals surface area contributed by atoms with Crippen LogP contribution >= 0.6 is 0 Å². The number of aryl methyl sites for hydroxylation is 2. The highest BCUT2D eigenvalue weighted by atomic mass is 16.5. The fraction of sp³-hybridized carbons (Fsp3) is 0.333. The van der Waals surface area contributed by atoms with Crippen LogP contribution in [0.4, 0.5) is 0 Å². The van der Waals surface area contributed by atoms with Gasteiger partial charge in [0, 0.05) is 19.6 Å². The summed E-state index contributed by atoms with van der Waals surface area (Å²) in [5.41, 5.74) is 6.61. The van der Waals surface area contributed by atoms with E-state index in [1.807, 2.05) is 0 Å². The molecule has 0 aliphatic carbocycles. The predicted octanol–water partition coefficient (Wildman–Crippen LogP) is 4.31. The lowest BCUT2D eigenvalue weighted by molar-refractivity contribution is 0.0342. The minimum atomic E-state index is 0.853. The second-order valence-electron chi connectivity index (χ2n) is 6.27. The molecule has 1 fully saturated rings. The van der Waals surface area contributed by atoms with Gasteiger partial charge in [0.25, 0.3) is 0 Å². The molecule has 2 aromatic rings. The maximum atomic E-state index is 5.42. The third-order valence-corrected chi connectivity index (χ3v) is 4.45. The Bertz CT molecular complexity index is 664. The Morgan fingerprint density at radius 3 is 2.39 bits per heavy atom. The van der Waals surface area contributed by atoms with E-state index in [0.717, 1.165) is 32.8 Å². The first kappa shape index (κ1) is 16.0. The van der Waals surface area contributed by atoms with Crippen LogP contribution in [0.5, 0.6) is 0 Å². The van der Waals surface area contributed by atoms with Crippen LogP contribution in [0.15, 0.2) is 42.5 Å². The maximum Gasteiger partial charge on any atom is 0.0594 e. The van der Waals surface area contributed by atoms with E-state index in [4.69, 9.17) is 4.74 Å². The average molecular weight is 307 g/mol. The molecule has 3 rings (SSSR count). The van der Waals surface area contributed by atoms with Crippen molar-refractivity contribution in [3.05, 3.63) is 70.3 Å². The molecule has 1 aliphatic heterocycles. The molecule has 2 nitrogen and oxygen atoms in total. The van der Waals surface area contributed by atoms with Gasteiger partial charge in [-0.2, -0.15) is 0 Å². The zero-order valence-corrected chi connectivity index (χ0v) is 14.1. The zero-order valence-electron chi connectivity index (χ0n) is 14.1. The minimum absolute atomic E-state index is 0.853. The highest BCUT2D eigenvalue weighted by molar-refractivity contribution is 5.72. The summed E-state index contributed by atoms with van der Waals surface area (Å²) < 4.78 is 5.42. The summed E-state index contributed by atoms with van der Waals surface area (Å²) in [5.74, 6) is 0. The van der Waals surface area contributed by atoms with Crippen molar-refractivity contribution in [2.75, 3.05) is 26.3 Å². The van der Waals surface area contributed by atoms with Crippen molar-refractivity contribution in [1.82, 2.24) is 4.90 Å². The molecular weight excluding hydrogens is 282 g/mol. The van der Waals surface area contributed by atoms with Crippen molar-refractivity contribution in [3.8, 4) is 0 Å². The highest BCUT2D eigenvalue weighted by Gasteiger charge is 2.10. The Labute approximate surface area is 139 Å². The Kier molecular flexibility index (Phi) is 5.27. The topological polar surface area (TPSA) is 12.5 Å². The van der Waals surface area contributed by atoms with Gasteiger partial charge < -0.3 is 4.74 Å². The van der Waals surface area contributed by atoms with Crippen molar-refractivity contribution < 1.29 is 4.74 Å². The van der Waals surface area contributed by atoms with E-state index in [-0.39, 0.29) is 0 Å². The fourth-order valence-corrected chi connectivity index (χ4v) is 3.08. The second-order valence-corrected chi connectivity index (χ2v) is 6.27. The molecule has 0 aromatic heterocycles. The molecule has 2 aromatic carbocycles. The highest BCUT2D eigenvalue weighted by Crippen LogP contribution is 2.18. The molecule has 0 atom stereocenters. The van der Waals surface area contributed by atoms with Gasteiger partial charge >= 0.3 is 0 Å². The average Bonchev–Trinajstić information content (AvgIpc) is 2.56. The third-order valence-electron chi connectivity index (χ3n) is 4.45. The smallest absolute Gasteiger partial charge is 0.0594 e. The summed E-state index contributed by atoms with van der Waals surface area (Å²) >= 11 is 0. The lowest BCUT2D eigenvalue weighted by Gasteiger charge is -2.26. The SMILES string of the molecule is Cc1cccc(C)c1C=Cc1cccc(CN2CCOCC2)c1. The van der Waals surface area contributed by atoms with E-state index >= 15 is 0 Å². The van der Waals surface area contributed by atoms with Crippen molar-refractivity contribution in [2.24, 2.45) is 0 Å². The van der Waals surface area contributed by atoms with E-state index in [0.29, 0.717) is 0 Å². The van der Waals surface area contributed by atoms with E-state index in [2.05, 4.69) is 73.4 Å². The number of benzene rings is 2. The largest absolute Gasteiger partial charge is 0.379 e. The number of hydrogen-bond donors (Lipinski definition) is 0. The van der Waals surface area contributed by atoms with Crippen molar-refractivity contribution in [2.45, 2.75) is 20.4 Å². The Morgan fingerprint density at radius 2 is 1.65 bits per heavy atom. The quantitative estimate of drug-likeness (QED) is 0.781. The van der Waals surface area contributed by atoms with Gasteiger partial charge in [-0.3, -0.25) is 4.90 Å². The van der Waals surface area contributed by atoms with Crippen LogP contribution in [0.1, 0.15) is 27.8 Å². The number of hydrogen-bond acceptors (Lipinski definition) is 2. The Balaban J connectivity index is 1.73. The third kappa shape index (κ3) is 4.31. The first-order chi connectivity index (χ1) is 11.2. The van der Waals surface area contributed by atoms with Gasteiger partial charge in [-0.25, -0.2) is 0 Å². The van der Waals surface area contributed by atoms with Gasteiger partial charge in [0.15, 0.2) is 0 Å². The van der Waals surface area contributed by atoms with Crippen LogP contribution in [0.2, 0.25) is 0 Å². The first-order valence-corrected chi connectivity index (χ1v) is 8.36. The number of rotatable bonds is 4. The minimum Gasteiger partial charge on any atom is -0.379 e. The Morgan fingerprint density at radius 1 is 0.957 bits per heavy atom. The van der Waals surface area contributed by atoms with Crippen LogP contribution in [0.25, 0.3) is 12.2 Å². The van der Waals surface area contributed by atoms with Crippen LogP contribution < -0.4 is 0 Å². The molecule has 0 amide bonds. The monoisotopic (exact) mass is 307 g/mol. The molecule has 0 radical (unpaired) electrons. The van der Waals surface area contributed by atoms with Crippen LogP contribution in [0.3, 0.4) is 0 Å². The van der Waals surface area contributed by atoms with Gasteiger partial charge in [-0.15, -0.1) is 0 Å². The van der Waals surface area contributed by atoms with Crippen LogP contribution in [-0.4, -0.2) is 31.2 Å². The summed E-state index contributed by atoms with van der Waals surface area (Å²) in [4.78, 5) is 2.46. The van der Waals surface area contributed by atoms with Crippen molar-refractivity contribution in [1.29, 1.82) is 0 Å². The van der Waals surface area contributed by atoms with E-state index in [1.54, 1.807) is 0 Å². The van der Waals surface area contributed by atoms with Gasteiger partial charge in [0.2, 0.25) is 0 Å². The molecule has 0 bridgehead atoms. The van der Waals surface area contributed by atoms with Gasteiger partial charge in [0.05, 0.1) is 13.2 Å². The summed E-state index contributed by atoms with van der Waals surface area (Å²) in [6, 6.07) is 15.3. The first-order valence-electron chi connectivity index (χ1n) is 8.36. The van der Waals surface area contributed by atoms with E-state index in [1.165, 1.54) is 27.8 Å². The molecule has 1 saturated heterocycles. The molecule has 23 heavy (non-hydrogen) atoms. The molecule has 1 aliphatic rings. The standard InChI is InChI=1S/C21H25NO/c1-17-5-3-6-18(2)21(17)10-9-19-7-4-8-20(15-19)16-22-11-13-23-14-12-22/h3-10,15H,11-14,16H2,1-2H3. The molecule has 0 unspecified atom stereocenters. The summed E-state index contributed by atoms with van der Waals surface area (Å²) in [7, 11) is 0.